The van der Waals surface area contributed by atoms with Crippen molar-refractivity contribution in [2.45, 2.75) is 18.9 Å². The lowest BCUT2D eigenvalue weighted by Crippen LogP contribution is -2.38. The van der Waals surface area contributed by atoms with Crippen molar-refractivity contribution in [2.75, 3.05) is 13.1 Å². The quantitative estimate of drug-likeness (QED) is 0.701. The monoisotopic (exact) mass is 246 g/mol. The molecule has 1 unspecified atom stereocenters. The summed E-state index contributed by atoms with van der Waals surface area (Å²) in [6.45, 7) is 1.33. The van der Waals surface area contributed by atoms with E-state index in [-0.39, 0.29) is 11.8 Å². The minimum atomic E-state index is -0.996. The van der Waals surface area contributed by atoms with E-state index in [0.717, 1.165) is 19.4 Å². The molecular weight excluding hydrogens is 232 g/mol. The van der Waals surface area contributed by atoms with Crippen molar-refractivity contribution in [3.63, 3.8) is 0 Å². The van der Waals surface area contributed by atoms with Crippen molar-refractivity contribution in [1.82, 2.24) is 9.80 Å². The molecule has 0 spiro atoms. The highest BCUT2D eigenvalue weighted by Crippen LogP contribution is 2.30. The molecule has 2 aliphatic heterocycles. The number of amides is 1. The van der Waals surface area contributed by atoms with Crippen LogP contribution >= 0.6 is 0 Å². The third-order valence-corrected chi connectivity index (χ3v) is 3.68. The number of ketones is 1. The van der Waals surface area contributed by atoms with Crippen molar-refractivity contribution in [3.05, 3.63) is 35.7 Å². The molecule has 0 aromatic carbocycles. The summed E-state index contributed by atoms with van der Waals surface area (Å²) in [5.41, 5.74) is 0.994. The Morgan fingerprint density at radius 2 is 2.28 bits per heavy atom. The van der Waals surface area contributed by atoms with Gasteiger partial charge in [-0.25, -0.2) is 4.79 Å². The Morgan fingerprint density at radius 3 is 3.06 bits per heavy atom. The fraction of sp³-hybridized carbons (Fsp3) is 0.385. The van der Waals surface area contributed by atoms with E-state index in [1.165, 1.54) is 11.0 Å². The van der Waals surface area contributed by atoms with E-state index in [2.05, 4.69) is 4.90 Å². The van der Waals surface area contributed by atoms with E-state index in [9.17, 15) is 14.7 Å². The van der Waals surface area contributed by atoms with Gasteiger partial charge in [0.05, 0.1) is 11.3 Å². The number of rotatable bonds is 0. The predicted octanol–water partition coefficient (Wildman–Crippen LogP) is 1.35. The zero-order chi connectivity index (χ0) is 12.7. The van der Waals surface area contributed by atoms with Crippen LogP contribution in [0.3, 0.4) is 0 Å². The smallest absolute Gasteiger partial charge is 0.411 e. The second-order valence-corrected chi connectivity index (χ2v) is 4.75. The molecule has 5 nitrogen and oxygen atoms in total. The van der Waals surface area contributed by atoms with Crippen LogP contribution in [0.2, 0.25) is 0 Å². The van der Waals surface area contributed by atoms with Gasteiger partial charge >= 0.3 is 6.09 Å². The van der Waals surface area contributed by atoms with Crippen LogP contribution in [-0.4, -0.2) is 45.9 Å². The zero-order valence-corrected chi connectivity index (χ0v) is 9.87. The summed E-state index contributed by atoms with van der Waals surface area (Å²) in [5.74, 6) is -0.119. The fourth-order valence-electron chi connectivity index (χ4n) is 2.78. The van der Waals surface area contributed by atoms with E-state index < -0.39 is 6.09 Å². The van der Waals surface area contributed by atoms with Crippen LogP contribution in [0.5, 0.6) is 0 Å². The lowest BCUT2D eigenvalue weighted by molar-refractivity contribution is -0.111. The molecule has 0 saturated carbocycles. The number of fused-ring (bicyclic) bond motifs is 2. The summed E-state index contributed by atoms with van der Waals surface area (Å²) in [5, 5.41) is 9.31. The van der Waals surface area contributed by atoms with Crippen LogP contribution in [0.1, 0.15) is 12.8 Å². The molecule has 0 aromatic heterocycles. The van der Waals surface area contributed by atoms with Crippen molar-refractivity contribution >= 4 is 11.9 Å². The standard InChI is InChI=1S/C13H14N2O3/c16-12-5-1-4-11-10(12)8-14-6-2-3-9(14)7-15(11)13(17)18/h1,4-5,8-9H,2-3,6-7H2,(H,17,18). The second kappa shape index (κ2) is 4.01. The Hall–Kier alpha value is -2.04. The Bertz CT molecular complexity index is 504. The van der Waals surface area contributed by atoms with Crippen LogP contribution < -0.4 is 0 Å². The number of carbonyl (C=O) groups excluding carboxylic acids is 1. The van der Waals surface area contributed by atoms with Crippen molar-refractivity contribution in [1.29, 1.82) is 0 Å². The van der Waals surface area contributed by atoms with E-state index in [4.69, 9.17) is 0 Å². The largest absolute Gasteiger partial charge is 0.465 e. The highest BCUT2D eigenvalue weighted by Gasteiger charge is 2.35. The molecule has 18 heavy (non-hydrogen) atoms. The number of nitrogens with zero attached hydrogens (tertiary/aromatic N) is 2. The summed E-state index contributed by atoms with van der Waals surface area (Å²) in [4.78, 5) is 26.7. The predicted molar refractivity (Wildman–Crippen MR) is 64.8 cm³/mol. The molecule has 3 rings (SSSR count). The Balaban J connectivity index is 2.07. The first-order chi connectivity index (χ1) is 8.66. The topological polar surface area (TPSA) is 60.9 Å². The molecule has 3 aliphatic rings. The first-order valence-electron chi connectivity index (χ1n) is 6.08. The number of allylic oxidation sites excluding steroid dienone is 4. The van der Waals surface area contributed by atoms with E-state index in [1.54, 1.807) is 12.2 Å². The van der Waals surface area contributed by atoms with Gasteiger partial charge in [-0.2, -0.15) is 0 Å². The maximum atomic E-state index is 11.9. The van der Waals surface area contributed by atoms with Crippen molar-refractivity contribution in [2.24, 2.45) is 0 Å². The van der Waals surface area contributed by atoms with Crippen LogP contribution in [0.15, 0.2) is 35.7 Å². The van der Waals surface area contributed by atoms with Crippen LogP contribution in [-0.2, 0) is 4.79 Å². The molecule has 5 heteroatoms. The average molecular weight is 246 g/mol. The Kier molecular flexibility index (Phi) is 2.47. The molecule has 1 saturated heterocycles. The van der Waals surface area contributed by atoms with E-state index >= 15 is 0 Å². The van der Waals surface area contributed by atoms with Crippen molar-refractivity contribution < 1.29 is 14.7 Å². The third kappa shape index (κ3) is 1.63. The summed E-state index contributed by atoms with van der Waals surface area (Å²) in [7, 11) is 0. The molecule has 0 aromatic rings. The molecule has 1 N–H and O–H groups in total. The minimum Gasteiger partial charge on any atom is -0.465 e. The van der Waals surface area contributed by atoms with Gasteiger partial charge in [-0.3, -0.25) is 9.69 Å². The normalized spacial score (nSPS) is 26.2. The second-order valence-electron chi connectivity index (χ2n) is 4.75. The van der Waals surface area contributed by atoms with Gasteiger partial charge in [-0.05, 0) is 25.0 Å². The summed E-state index contributed by atoms with van der Waals surface area (Å²) >= 11 is 0. The van der Waals surface area contributed by atoms with Gasteiger partial charge in [-0.15, -0.1) is 0 Å². The lowest BCUT2D eigenvalue weighted by atomic mass is 10.0. The third-order valence-electron chi connectivity index (χ3n) is 3.68. The molecule has 2 heterocycles. The van der Waals surface area contributed by atoms with Gasteiger partial charge in [0.25, 0.3) is 0 Å². The van der Waals surface area contributed by atoms with Gasteiger partial charge < -0.3 is 10.0 Å². The van der Waals surface area contributed by atoms with Crippen LogP contribution in [0.4, 0.5) is 4.79 Å². The van der Waals surface area contributed by atoms with Crippen molar-refractivity contribution in [3.8, 4) is 0 Å². The number of carboxylic acid groups (broad SMARTS) is 1. The molecule has 0 bridgehead atoms. The molecule has 94 valence electrons. The number of hydrogen-bond donors (Lipinski definition) is 1. The Labute approximate surface area is 105 Å². The number of carbonyl (C=O) groups is 2. The first-order valence-corrected chi connectivity index (χ1v) is 6.08. The minimum absolute atomic E-state index is 0.119. The highest BCUT2D eigenvalue weighted by molar-refractivity contribution is 6.09. The average Bonchev–Trinajstić information content (AvgIpc) is 2.70. The first kappa shape index (κ1) is 11.1. The maximum absolute atomic E-state index is 11.9. The van der Waals surface area contributed by atoms with E-state index in [1.807, 2.05) is 6.20 Å². The molecule has 0 radical (unpaired) electrons. The zero-order valence-electron chi connectivity index (χ0n) is 9.87. The van der Waals surface area contributed by atoms with E-state index in [0.29, 0.717) is 17.8 Å². The Morgan fingerprint density at radius 1 is 1.44 bits per heavy atom. The molecular formula is C13H14N2O3. The van der Waals surface area contributed by atoms with Gasteiger partial charge in [0.1, 0.15) is 0 Å². The van der Waals surface area contributed by atoms with Gasteiger partial charge in [0, 0.05) is 25.3 Å². The maximum Gasteiger partial charge on any atom is 0.411 e. The summed E-state index contributed by atoms with van der Waals surface area (Å²) in [6, 6.07) is 0.188. The highest BCUT2D eigenvalue weighted by atomic mass is 16.4. The lowest BCUT2D eigenvalue weighted by Gasteiger charge is -2.25. The van der Waals surface area contributed by atoms with Gasteiger partial charge in [0.15, 0.2) is 5.78 Å². The van der Waals surface area contributed by atoms with Gasteiger partial charge in [0.2, 0.25) is 0 Å². The van der Waals surface area contributed by atoms with Crippen LogP contribution in [0, 0.1) is 0 Å². The SMILES string of the molecule is O=C1C=CC=C2C1=CN1CCCC1CN2C(=O)O. The summed E-state index contributed by atoms with van der Waals surface area (Å²) in [6.07, 6.45) is 7.64. The van der Waals surface area contributed by atoms with Gasteiger partial charge in [-0.1, -0.05) is 6.08 Å². The molecule has 1 amide bonds. The fourth-order valence-corrected chi connectivity index (χ4v) is 2.78. The molecule has 1 aliphatic carbocycles. The molecule has 1 atom stereocenters. The number of hydrogen-bond acceptors (Lipinski definition) is 3. The van der Waals surface area contributed by atoms with Crippen LogP contribution in [0.25, 0.3) is 0 Å². The summed E-state index contributed by atoms with van der Waals surface area (Å²) < 4.78 is 0. The molecule has 1 fully saturated rings.